The minimum atomic E-state index is -3.69. The molecule has 0 saturated heterocycles. The third-order valence-electron chi connectivity index (χ3n) is 5.28. The lowest BCUT2D eigenvalue weighted by Crippen LogP contribution is -2.47. The minimum absolute atomic E-state index is 0.0516. The second-order valence-corrected chi connectivity index (χ2v) is 9.79. The van der Waals surface area contributed by atoms with Crippen LogP contribution in [0.1, 0.15) is 50.5 Å². The lowest BCUT2D eigenvalue weighted by Gasteiger charge is -2.22. The van der Waals surface area contributed by atoms with E-state index in [-0.39, 0.29) is 22.3 Å². The summed E-state index contributed by atoms with van der Waals surface area (Å²) >= 11 is 0. The monoisotopic (exact) mass is 459 g/mol. The van der Waals surface area contributed by atoms with Crippen molar-refractivity contribution >= 4 is 27.5 Å². The summed E-state index contributed by atoms with van der Waals surface area (Å²) in [6.45, 7) is 9.92. The Bertz CT molecular complexity index is 1050. The highest BCUT2D eigenvalue weighted by atomic mass is 32.2. The largest absolute Gasteiger partial charge is 0.340 e. The molecular weight excluding hydrogens is 426 g/mol. The van der Waals surface area contributed by atoms with Gasteiger partial charge >= 0.3 is 0 Å². The van der Waals surface area contributed by atoms with Gasteiger partial charge in [0.15, 0.2) is 0 Å². The third-order valence-corrected chi connectivity index (χ3v) is 7.32. The predicted molar refractivity (Wildman–Crippen MR) is 127 cm³/mol. The van der Waals surface area contributed by atoms with Crippen LogP contribution in [0, 0.1) is 5.92 Å². The first kappa shape index (κ1) is 25.5. The molecule has 174 valence electrons. The molecule has 7 nitrogen and oxygen atoms in total. The highest BCUT2D eigenvalue weighted by molar-refractivity contribution is 7.89. The number of nitrogens with zero attached hydrogens (tertiary/aromatic N) is 1. The maximum absolute atomic E-state index is 12.9. The summed E-state index contributed by atoms with van der Waals surface area (Å²) in [5.74, 6) is -0.998. The highest BCUT2D eigenvalue weighted by Gasteiger charge is 2.26. The molecule has 0 unspecified atom stereocenters. The summed E-state index contributed by atoms with van der Waals surface area (Å²) in [7, 11) is -3.69. The van der Waals surface area contributed by atoms with Crippen LogP contribution in [0.4, 0.5) is 5.69 Å². The van der Waals surface area contributed by atoms with Crippen LogP contribution in [0.15, 0.2) is 53.4 Å². The number of amides is 2. The van der Waals surface area contributed by atoms with Crippen molar-refractivity contribution in [3.05, 3.63) is 59.7 Å². The molecule has 0 radical (unpaired) electrons. The van der Waals surface area contributed by atoms with Gasteiger partial charge in [0, 0.05) is 24.3 Å². The van der Waals surface area contributed by atoms with Crippen molar-refractivity contribution in [2.45, 2.75) is 52.0 Å². The van der Waals surface area contributed by atoms with E-state index in [4.69, 9.17) is 0 Å². The summed E-state index contributed by atoms with van der Waals surface area (Å²) in [5, 5.41) is 5.62. The van der Waals surface area contributed by atoms with Crippen LogP contribution in [-0.2, 0) is 21.2 Å². The van der Waals surface area contributed by atoms with Crippen LogP contribution >= 0.6 is 0 Å². The Kier molecular flexibility index (Phi) is 8.98. The minimum Gasteiger partial charge on any atom is -0.340 e. The van der Waals surface area contributed by atoms with E-state index in [1.54, 1.807) is 19.9 Å². The fraction of sp³-hybridized carbons (Fsp3) is 0.417. The summed E-state index contributed by atoms with van der Waals surface area (Å²) in [5.41, 5.74) is 1.95. The van der Waals surface area contributed by atoms with E-state index in [0.29, 0.717) is 18.8 Å². The second-order valence-electron chi connectivity index (χ2n) is 7.86. The molecule has 0 heterocycles. The van der Waals surface area contributed by atoms with Crippen molar-refractivity contribution in [2.75, 3.05) is 18.4 Å². The van der Waals surface area contributed by atoms with Gasteiger partial charge in [0.05, 0.1) is 4.90 Å². The standard InChI is InChI=1S/C24H33N3O4S/c1-6-18-11-9-13-20(15-18)25-24(29)22(17(4)5)26-23(28)19-12-10-14-21(16-19)32(30,31)27(7-2)8-3/h9-17,22H,6-8H2,1-5H3,(H,25,29)(H,26,28)/t22-/m0/s1. The molecule has 2 amide bonds. The quantitative estimate of drug-likeness (QED) is 0.567. The summed E-state index contributed by atoms with van der Waals surface area (Å²) in [6, 6.07) is 12.7. The van der Waals surface area contributed by atoms with Crippen molar-refractivity contribution in [3.63, 3.8) is 0 Å². The number of sulfonamides is 1. The maximum Gasteiger partial charge on any atom is 0.251 e. The average Bonchev–Trinajstić information content (AvgIpc) is 2.77. The van der Waals surface area contributed by atoms with E-state index in [0.717, 1.165) is 12.0 Å². The molecule has 8 heteroatoms. The van der Waals surface area contributed by atoms with Gasteiger partial charge in [0.25, 0.3) is 5.91 Å². The average molecular weight is 460 g/mol. The summed E-state index contributed by atoms with van der Waals surface area (Å²) < 4.78 is 26.9. The van der Waals surface area contributed by atoms with E-state index in [9.17, 15) is 18.0 Å². The van der Waals surface area contributed by atoms with Crippen molar-refractivity contribution in [3.8, 4) is 0 Å². The molecule has 2 N–H and O–H groups in total. The Balaban J connectivity index is 2.22. The molecule has 32 heavy (non-hydrogen) atoms. The smallest absolute Gasteiger partial charge is 0.251 e. The van der Waals surface area contributed by atoms with Gasteiger partial charge in [-0.15, -0.1) is 0 Å². The van der Waals surface area contributed by atoms with Gasteiger partial charge in [-0.2, -0.15) is 4.31 Å². The van der Waals surface area contributed by atoms with E-state index >= 15 is 0 Å². The molecule has 1 atom stereocenters. The van der Waals surface area contributed by atoms with Crippen molar-refractivity contribution in [2.24, 2.45) is 5.92 Å². The first-order valence-corrected chi connectivity index (χ1v) is 12.4. The molecule has 0 aliphatic carbocycles. The van der Waals surface area contributed by atoms with Crippen LogP contribution < -0.4 is 10.6 Å². The number of hydrogen-bond donors (Lipinski definition) is 2. The molecule has 2 rings (SSSR count). The van der Waals surface area contributed by atoms with Gasteiger partial charge in [-0.1, -0.05) is 52.8 Å². The lowest BCUT2D eigenvalue weighted by molar-refractivity contribution is -0.118. The topological polar surface area (TPSA) is 95.6 Å². The SMILES string of the molecule is CCc1cccc(NC(=O)[C@@H](NC(=O)c2cccc(S(=O)(=O)N(CC)CC)c2)C(C)C)c1. The number of carbonyl (C=O) groups is 2. The Morgan fingerprint density at radius 3 is 2.22 bits per heavy atom. The van der Waals surface area contributed by atoms with Crippen molar-refractivity contribution in [1.82, 2.24) is 9.62 Å². The maximum atomic E-state index is 12.9. The Hall–Kier alpha value is -2.71. The zero-order valence-corrected chi connectivity index (χ0v) is 20.2. The number of aryl methyl sites for hydroxylation is 1. The van der Waals surface area contributed by atoms with Gasteiger partial charge in [-0.05, 0) is 48.2 Å². The first-order valence-electron chi connectivity index (χ1n) is 10.9. The van der Waals surface area contributed by atoms with Crippen LogP contribution in [0.5, 0.6) is 0 Å². The second kappa shape index (κ2) is 11.2. The zero-order valence-electron chi connectivity index (χ0n) is 19.4. The first-order chi connectivity index (χ1) is 15.1. The Morgan fingerprint density at radius 2 is 1.62 bits per heavy atom. The van der Waals surface area contributed by atoms with Crippen molar-refractivity contribution in [1.29, 1.82) is 0 Å². The number of nitrogens with one attached hydrogen (secondary N) is 2. The van der Waals surface area contributed by atoms with E-state index in [2.05, 4.69) is 10.6 Å². The van der Waals surface area contributed by atoms with Crippen molar-refractivity contribution < 1.29 is 18.0 Å². The number of hydrogen-bond acceptors (Lipinski definition) is 4. The normalized spacial score (nSPS) is 12.6. The van der Waals surface area contributed by atoms with Crippen LogP contribution in [0.2, 0.25) is 0 Å². The zero-order chi connectivity index (χ0) is 23.9. The molecule has 0 spiro atoms. The molecular formula is C24H33N3O4S. The lowest BCUT2D eigenvalue weighted by atomic mass is 10.0. The number of carbonyl (C=O) groups excluding carboxylic acids is 2. The van der Waals surface area contributed by atoms with E-state index < -0.39 is 22.0 Å². The number of benzene rings is 2. The fourth-order valence-electron chi connectivity index (χ4n) is 3.36. The van der Waals surface area contributed by atoms with E-state index in [1.807, 2.05) is 39.0 Å². The Labute approximate surface area is 191 Å². The van der Waals surface area contributed by atoms with Crippen LogP contribution in [0.25, 0.3) is 0 Å². The van der Waals surface area contributed by atoms with Crippen LogP contribution in [0.3, 0.4) is 0 Å². The van der Waals surface area contributed by atoms with Gasteiger partial charge in [0.2, 0.25) is 15.9 Å². The van der Waals surface area contributed by atoms with Gasteiger partial charge < -0.3 is 10.6 Å². The molecule has 0 aliphatic heterocycles. The fourth-order valence-corrected chi connectivity index (χ4v) is 4.86. The van der Waals surface area contributed by atoms with Gasteiger partial charge in [-0.25, -0.2) is 8.42 Å². The Morgan fingerprint density at radius 1 is 0.969 bits per heavy atom. The molecule has 0 fully saturated rings. The highest BCUT2D eigenvalue weighted by Crippen LogP contribution is 2.18. The molecule has 0 bridgehead atoms. The van der Waals surface area contributed by atoms with E-state index in [1.165, 1.54) is 28.6 Å². The molecule has 2 aromatic carbocycles. The predicted octanol–water partition coefficient (Wildman–Crippen LogP) is 3.67. The number of anilines is 1. The number of rotatable bonds is 10. The third kappa shape index (κ3) is 6.17. The summed E-state index contributed by atoms with van der Waals surface area (Å²) in [4.78, 5) is 25.8. The summed E-state index contributed by atoms with van der Waals surface area (Å²) in [6.07, 6.45) is 0.848. The molecule has 0 saturated carbocycles. The molecule has 0 aliphatic rings. The van der Waals surface area contributed by atoms with Gasteiger partial charge in [-0.3, -0.25) is 9.59 Å². The van der Waals surface area contributed by atoms with Crippen LogP contribution in [-0.4, -0.2) is 43.7 Å². The molecule has 0 aromatic heterocycles. The molecule has 2 aromatic rings. The van der Waals surface area contributed by atoms with Gasteiger partial charge in [0.1, 0.15) is 6.04 Å².